The average molecular weight is 576 g/mol. The quantitative estimate of drug-likeness (QED) is 0.252. The Morgan fingerprint density at radius 1 is 1.13 bits per heavy atom. The van der Waals surface area contributed by atoms with Gasteiger partial charge in [0.05, 0.1) is 29.0 Å². The van der Waals surface area contributed by atoms with Crippen LogP contribution >= 0.6 is 11.6 Å². The highest BCUT2D eigenvalue weighted by atomic mass is 35.5. The zero-order valence-electron chi connectivity index (χ0n) is 22.5. The molecule has 3 unspecified atom stereocenters. The van der Waals surface area contributed by atoms with Gasteiger partial charge in [0.25, 0.3) is 0 Å². The van der Waals surface area contributed by atoms with Gasteiger partial charge in [-0.1, -0.05) is 32.9 Å². The zero-order chi connectivity index (χ0) is 28.4. The van der Waals surface area contributed by atoms with E-state index in [0.717, 1.165) is 16.8 Å². The number of hydrogen-bond donors (Lipinski definition) is 2. The lowest BCUT2D eigenvalue weighted by atomic mass is 9.77. The molecule has 1 aromatic heterocycles. The maximum atomic E-state index is 14.4. The first kappa shape index (κ1) is 27.8. The summed E-state index contributed by atoms with van der Waals surface area (Å²) in [5, 5.41) is 18.3. The number of rotatable bonds is 6. The highest BCUT2D eigenvalue weighted by Gasteiger charge is 2.60. The van der Waals surface area contributed by atoms with Crippen molar-refractivity contribution < 1.29 is 27.8 Å². The van der Waals surface area contributed by atoms with E-state index in [9.17, 15) is 18.7 Å². The Hall–Kier alpha value is -2.79. The minimum atomic E-state index is -3.85. The maximum Gasteiger partial charge on any atom is 0.487 e. The van der Waals surface area contributed by atoms with Crippen molar-refractivity contribution >= 4 is 37.2 Å². The number of aromatic amines is 1. The molecule has 1 fully saturated rings. The van der Waals surface area contributed by atoms with Gasteiger partial charge in [-0.15, -0.1) is 8.78 Å². The van der Waals surface area contributed by atoms with Gasteiger partial charge in [-0.25, -0.2) is 0 Å². The Labute approximate surface area is 232 Å². The van der Waals surface area contributed by atoms with Crippen LogP contribution in [0.3, 0.4) is 0 Å². The van der Waals surface area contributed by atoms with Crippen LogP contribution in [0.15, 0.2) is 54.7 Å². The van der Waals surface area contributed by atoms with E-state index in [4.69, 9.17) is 16.0 Å². The van der Waals surface area contributed by atoms with E-state index < -0.39 is 31.5 Å². The number of fused-ring (bicyclic) bond motifs is 2. The molecular formula is C28H32ClF2N3O4Si. The zero-order valence-corrected chi connectivity index (χ0v) is 24.2. The van der Waals surface area contributed by atoms with Crippen molar-refractivity contribution in [2.24, 2.45) is 0 Å². The number of carbonyl (C=O) groups is 1. The van der Waals surface area contributed by atoms with Gasteiger partial charge in [0, 0.05) is 34.6 Å². The number of ether oxygens (including phenoxy) is 1. The van der Waals surface area contributed by atoms with E-state index in [-0.39, 0.29) is 23.1 Å². The lowest BCUT2D eigenvalue weighted by Crippen LogP contribution is -2.46. The molecule has 2 aromatic carbocycles. The topological polar surface area (TPSA) is 87.7 Å². The van der Waals surface area contributed by atoms with E-state index in [1.165, 1.54) is 24.3 Å². The summed E-state index contributed by atoms with van der Waals surface area (Å²) in [5.74, 6) is -0.341. The van der Waals surface area contributed by atoms with Gasteiger partial charge < -0.3 is 14.3 Å². The van der Waals surface area contributed by atoms with Crippen molar-refractivity contribution in [1.82, 2.24) is 10.2 Å². The van der Waals surface area contributed by atoms with E-state index in [2.05, 4.69) is 48.8 Å². The Balaban J connectivity index is 1.60. The predicted octanol–water partition coefficient (Wildman–Crippen LogP) is 6.71. The number of nitrogens with zero attached hydrogens (tertiary/aromatic N) is 2. The maximum absolute atomic E-state index is 14.4. The molecule has 0 saturated heterocycles. The largest absolute Gasteiger partial charge is 0.487 e. The van der Waals surface area contributed by atoms with Gasteiger partial charge in [0.15, 0.2) is 8.32 Å². The monoisotopic (exact) mass is 575 g/mol. The number of hydrogen-bond acceptors (Lipinski definition) is 5. The minimum absolute atomic E-state index is 0.0726. The molecule has 0 bridgehead atoms. The smallest absolute Gasteiger partial charge is 0.420 e. The second kappa shape index (κ2) is 9.40. The molecule has 11 heteroatoms. The third kappa shape index (κ3) is 4.88. The number of carbonyl (C=O) groups excluding carboxylic acids is 1. The number of alkyl halides is 3. The van der Waals surface area contributed by atoms with Crippen molar-refractivity contribution in [1.29, 1.82) is 0 Å². The fourth-order valence-corrected chi connectivity index (χ4v) is 6.89. The third-order valence-electron chi connectivity index (χ3n) is 8.28. The van der Waals surface area contributed by atoms with Crippen LogP contribution < -0.4 is 9.64 Å². The van der Waals surface area contributed by atoms with E-state index >= 15 is 0 Å². The number of aromatic nitrogens is 2. The average Bonchev–Trinajstić information content (AvgIpc) is 3.52. The van der Waals surface area contributed by atoms with Gasteiger partial charge in [0.2, 0.25) is 5.91 Å². The van der Waals surface area contributed by atoms with Crippen LogP contribution in [0.1, 0.15) is 39.2 Å². The van der Waals surface area contributed by atoms with Gasteiger partial charge in [0.1, 0.15) is 5.75 Å². The molecular weight excluding hydrogens is 544 g/mol. The molecule has 2 aliphatic rings. The summed E-state index contributed by atoms with van der Waals surface area (Å²) in [5.41, 5.74) is -1.43. The van der Waals surface area contributed by atoms with Crippen LogP contribution in [0.2, 0.25) is 18.1 Å². The van der Waals surface area contributed by atoms with Crippen molar-refractivity contribution in [2.45, 2.75) is 74.9 Å². The van der Waals surface area contributed by atoms with Gasteiger partial charge in [-0.2, -0.15) is 5.10 Å². The Bertz CT molecular complexity index is 1370. The van der Waals surface area contributed by atoms with Gasteiger partial charge >= 0.3 is 5.57 Å². The second-order valence-electron chi connectivity index (χ2n) is 11.8. The summed E-state index contributed by atoms with van der Waals surface area (Å²) in [4.78, 5) is 16.0. The normalized spacial score (nSPS) is 23.5. The third-order valence-corrected chi connectivity index (χ3v) is 12.9. The fraction of sp³-hybridized carbons (Fsp3) is 0.429. The van der Waals surface area contributed by atoms with E-state index in [0.29, 0.717) is 17.8 Å². The number of aliphatic hydroxyl groups is 1. The Morgan fingerprint density at radius 3 is 2.41 bits per heavy atom. The molecule has 39 heavy (non-hydrogen) atoms. The predicted molar refractivity (Wildman–Crippen MR) is 148 cm³/mol. The molecule has 3 aromatic rings. The first-order chi connectivity index (χ1) is 18.1. The number of H-pyrrole nitrogens is 1. The molecule has 1 saturated carbocycles. The van der Waals surface area contributed by atoms with E-state index in [1.54, 1.807) is 11.1 Å². The summed E-state index contributed by atoms with van der Waals surface area (Å²) >= 11 is 4.91. The number of anilines is 2. The molecule has 5 rings (SSSR count). The summed E-state index contributed by atoms with van der Waals surface area (Å²) in [7, 11) is -2.25. The van der Waals surface area contributed by atoms with Crippen molar-refractivity contribution in [3.8, 4) is 17.0 Å². The summed E-state index contributed by atoms with van der Waals surface area (Å²) in [6.45, 7) is 10.7. The van der Waals surface area contributed by atoms with Gasteiger partial charge in [-0.05, 0) is 67.4 Å². The number of nitrogens with one attached hydrogen (secondary N) is 1. The van der Waals surface area contributed by atoms with Crippen molar-refractivity contribution in [3.05, 3.63) is 60.3 Å². The molecule has 2 heterocycles. The summed E-state index contributed by atoms with van der Waals surface area (Å²) in [6, 6.07) is 13.2. The lowest BCUT2D eigenvalue weighted by molar-refractivity contribution is -0.122. The molecule has 3 atom stereocenters. The van der Waals surface area contributed by atoms with Crippen LogP contribution in [-0.2, 0) is 14.6 Å². The molecule has 7 nitrogen and oxygen atoms in total. The Kier molecular flexibility index (Phi) is 6.69. The molecule has 1 aliphatic carbocycles. The van der Waals surface area contributed by atoms with Crippen LogP contribution in [-0.4, -0.2) is 47.3 Å². The van der Waals surface area contributed by atoms with Crippen LogP contribution in [0.5, 0.6) is 5.75 Å². The molecule has 1 spiro atoms. The van der Waals surface area contributed by atoms with Crippen LogP contribution in [0.25, 0.3) is 11.3 Å². The first-order valence-corrected chi connectivity index (χ1v) is 16.1. The molecule has 2 N–H and O–H groups in total. The molecule has 0 radical (unpaired) electrons. The first-order valence-electron chi connectivity index (χ1n) is 12.8. The van der Waals surface area contributed by atoms with Gasteiger partial charge in [-0.3, -0.25) is 14.8 Å². The second-order valence-corrected chi connectivity index (χ2v) is 17.0. The number of amides is 1. The highest BCUT2D eigenvalue weighted by molar-refractivity contribution is 6.74. The lowest BCUT2D eigenvalue weighted by Gasteiger charge is -2.39. The highest BCUT2D eigenvalue weighted by Crippen LogP contribution is 2.57. The molecule has 1 aliphatic heterocycles. The SMILES string of the molecule is CC(C)(C)[Si](C)(C)OC1CC2(CC1O)C(=O)N(c1ccc(OC(F)(F)Cl)cc1)c1cccc(-c3ccn[nH]3)c12. The minimum Gasteiger partial charge on any atom is -0.420 e. The molecule has 1 amide bonds. The molecule has 208 valence electrons. The van der Waals surface area contributed by atoms with Crippen LogP contribution in [0, 0.1) is 0 Å². The van der Waals surface area contributed by atoms with Crippen LogP contribution in [0.4, 0.5) is 20.2 Å². The summed E-state index contributed by atoms with van der Waals surface area (Å²) in [6.07, 6.45) is 0.799. The number of benzene rings is 2. The number of aliphatic hydroxyl groups excluding tert-OH is 1. The fourth-order valence-electron chi connectivity index (χ4n) is 5.45. The Morgan fingerprint density at radius 2 is 1.82 bits per heavy atom. The number of halogens is 3. The van der Waals surface area contributed by atoms with E-state index in [1.807, 2.05) is 24.3 Å². The van der Waals surface area contributed by atoms with Crippen molar-refractivity contribution in [3.63, 3.8) is 0 Å². The standard InChI is InChI=1S/C28H32ClF2N3O4Si/c1-26(2,3)39(4,5)38-23-16-27(15-22(23)35)24-19(20-13-14-32-33-20)7-6-8-21(24)34(25(27)36)17-9-11-18(12-10-17)37-28(29,30)31/h6-14,22-23,35H,15-16H2,1-5H3,(H,32,33). The summed E-state index contributed by atoms with van der Waals surface area (Å²) < 4.78 is 37.4. The van der Waals surface area contributed by atoms with Crippen molar-refractivity contribution in [2.75, 3.05) is 4.90 Å².